The topological polar surface area (TPSA) is 53.1 Å². The Balaban J connectivity index is 1.50. The fraction of sp³-hybridized carbons (Fsp3) is 0.333. The predicted molar refractivity (Wildman–Crippen MR) is 132 cm³/mol. The Morgan fingerprint density at radius 2 is 1.64 bits per heavy atom. The average molecular weight is 509 g/mol. The van der Waals surface area contributed by atoms with Crippen molar-refractivity contribution in [2.75, 3.05) is 46.4 Å². The number of piperazine rings is 1. The lowest BCUT2D eigenvalue weighted by Gasteiger charge is -2.47. The van der Waals surface area contributed by atoms with Gasteiger partial charge in [0.1, 0.15) is 5.75 Å². The molecule has 2 aromatic carbocycles. The van der Waals surface area contributed by atoms with Crippen molar-refractivity contribution in [1.82, 2.24) is 14.7 Å². The molecule has 9 heteroatoms. The fourth-order valence-corrected chi connectivity index (χ4v) is 4.90. The van der Waals surface area contributed by atoms with Gasteiger partial charge in [0.05, 0.1) is 17.7 Å². The number of methoxy groups -OCH3 is 1. The highest BCUT2D eigenvalue weighted by Gasteiger charge is 2.36. The number of nitrogens with zero attached hydrogens (tertiary/aromatic N) is 3. The van der Waals surface area contributed by atoms with Crippen LogP contribution < -0.4 is 4.74 Å². The van der Waals surface area contributed by atoms with Gasteiger partial charge in [-0.25, -0.2) is 0 Å². The molecule has 2 aromatic rings. The molecule has 4 rings (SSSR count). The molecule has 0 atom stereocenters. The monoisotopic (exact) mass is 507 g/mol. The Kier molecular flexibility index (Phi) is 7.19. The van der Waals surface area contributed by atoms with E-state index in [4.69, 9.17) is 39.5 Å². The zero-order valence-electron chi connectivity index (χ0n) is 18.2. The van der Waals surface area contributed by atoms with E-state index in [1.807, 2.05) is 4.90 Å². The molecule has 0 unspecified atom stereocenters. The molecule has 0 spiro atoms. The van der Waals surface area contributed by atoms with E-state index in [1.54, 1.807) is 35.2 Å². The molecule has 2 aliphatic rings. The summed E-state index contributed by atoms with van der Waals surface area (Å²) in [7, 11) is 1.51. The highest BCUT2D eigenvalue weighted by atomic mass is 35.5. The lowest BCUT2D eigenvalue weighted by atomic mass is 10.0. The first-order valence-corrected chi connectivity index (χ1v) is 11.7. The third-order valence-corrected chi connectivity index (χ3v) is 7.08. The third kappa shape index (κ3) is 4.85. The Labute approximate surface area is 208 Å². The lowest BCUT2D eigenvalue weighted by molar-refractivity contribution is -0.133. The highest BCUT2D eigenvalue weighted by Crippen LogP contribution is 2.39. The van der Waals surface area contributed by atoms with Crippen LogP contribution in [0.3, 0.4) is 0 Å². The maximum absolute atomic E-state index is 13.4. The molecule has 0 aromatic heterocycles. The zero-order valence-corrected chi connectivity index (χ0v) is 20.5. The summed E-state index contributed by atoms with van der Waals surface area (Å²) in [5.74, 6) is 0.247. The summed E-state index contributed by atoms with van der Waals surface area (Å²) in [5, 5.41) is 1.43. The molecule has 6 nitrogen and oxygen atoms in total. The summed E-state index contributed by atoms with van der Waals surface area (Å²) in [6, 6.07) is 8.81. The van der Waals surface area contributed by atoms with Gasteiger partial charge in [-0.3, -0.25) is 14.5 Å². The van der Waals surface area contributed by atoms with E-state index in [1.165, 1.54) is 13.2 Å². The quantitative estimate of drug-likeness (QED) is 0.559. The van der Waals surface area contributed by atoms with Crippen LogP contribution in [0.15, 0.2) is 43.0 Å². The van der Waals surface area contributed by atoms with Gasteiger partial charge in [-0.1, -0.05) is 41.4 Å². The van der Waals surface area contributed by atoms with Crippen LogP contribution in [0.1, 0.15) is 10.4 Å². The van der Waals surface area contributed by atoms with E-state index in [2.05, 4.69) is 11.5 Å². The first-order chi connectivity index (χ1) is 15.8. The Morgan fingerprint density at radius 1 is 0.970 bits per heavy atom. The average Bonchev–Trinajstić information content (AvgIpc) is 2.79. The van der Waals surface area contributed by atoms with E-state index in [-0.39, 0.29) is 11.8 Å². The second kappa shape index (κ2) is 9.94. The number of halogens is 3. The standard InChI is InChI=1S/C24H24Cl3N3O3/c1-3-23(31)30-13-16(14-30)28-6-8-29(9-7-28)24(32)19-11-18(21(27)12-22(19)33-2)17-10-15(25)4-5-20(17)26/h3-5,10-12,16H,1,6-9,13-14H2,2H3. The molecule has 0 radical (unpaired) electrons. The van der Waals surface area contributed by atoms with E-state index in [0.29, 0.717) is 69.7 Å². The van der Waals surface area contributed by atoms with Crippen LogP contribution in [0.5, 0.6) is 5.75 Å². The summed E-state index contributed by atoms with van der Waals surface area (Å²) >= 11 is 19.0. The molecule has 174 valence electrons. The van der Waals surface area contributed by atoms with E-state index < -0.39 is 0 Å². The molecular formula is C24H24Cl3N3O3. The van der Waals surface area contributed by atoms with Gasteiger partial charge in [-0.15, -0.1) is 0 Å². The summed E-state index contributed by atoms with van der Waals surface area (Å²) in [6.45, 7) is 7.60. The van der Waals surface area contributed by atoms with Crippen LogP contribution in [-0.4, -0.2) is 78.9 Å². The van der Waals surface area contributed by atoms with Gasteiger partial charge in [0.2, 0.25) is 5.91 Å². The minimum absolute atomic E-state index is 0.0366. The van der Waals surface area contributed by atoms with Gasteiger partial charge >= 0.3 is 0 Å². The van der Waals surface area contributed by atoms with Crippen molar-refractivity contribution >= 4 is 46.6 Å². The van der Waals surface area contributed by atoms with E-state index in [0.717, 1.165) is 13.1 Å². The Morgan fingerprint density at radius 3 is 2.27 bits per heavy atom. The third-order valence-electron chi connectivity index (χ3n) is 6.20. The SMILES string of the molecule is C=CC(=O)N1CC(N2CCN(C(=O)c3cc(-c4cc(Cl)ccc4Cl)c(Cl)cc3OC)CC2)C1. The largest absolute Gasteiger partial charge is 0.496 e. The van der Waals surface area contributed by atoms with Gasteiger partial charge in [0.15, 0.2) is 0 Å². The highest BCUT2D eigenvalue weighted by molar-refractivity contribution is 6.38. The zero-order chi connectivity index (χ0) is 23.7. The summed E-state index contributed by atoms with van der Waals surface area (Å²) in [5.41, 5.74) is 1.69. The first-order valence-electron chi connectivity index (χ1n) is 10.6. The molecule has 2 heterocycles. The van der Waals surface area contributed by atoms with Gasteiger partial charge in [0, 0.05) is 72.5 Å². The summed E-state index contributed by atoms with van der Waals surface area (Å²) < 4.78 is 5.47. The number of ether oxygens (including phenoxy) is 1. The minimum atomic E-state index is -0.125. The second-order valence-electron chi connectivity index (χ2n) is 8.09. The number of benzene rings is 2. The van der Waals surface area contributed by atoms with Crippen LogP contribution >= 0.6 is 34.8 Å². The second-order valence-corrected chi connectivity index (χ2v) is 9.34. The molecule has 0 bridgehead atoms. The van der Waals surface area contributed by atoms with Gasteiger partial charge in [0.25, 0.3) is 5.91 Å². The summed E-state index contributed by atoms with van der Waals surface area (Å²) in [6.07, 6.45) is 1.34. The number of likely N-dealkylation sites (tertiary alicyclic amines) is 1. The lowest BCUT2D eigenvalue weighted by Crippen LogP contribution is -2.64. The summed E-state index contributed by atoms with van der Waals surface area (Å²) in [4.78, 5) is 31.0. The molecule has 2 fully saturated rings. The van der Waals surface area contributed by atoms with Crippen LogP contribution in [0.25, 0.3) is 11.1 Å². The molecule has 0 saturated carbocycles. The molecule has 33 heavy (non-hydrogen) atoms. The van der Waals surface area contributed by atoms with Crippen LogP contribution in [0.4, 0.5) is 0 Å². The number of carbonyl (C=O) groups excluding carboxylic acids is 2. The first kappa shape index (κ1) is 23.9. The predicted octanol–water partition coefficient (Wildman–Crippen LogP) is 4.48. The van der Waals surface area contributed by atoms with E-state index >= 15 is 0 Å². The molecule has 2 aliphatic heterocycles. The van der Waals surface area contributed by atoms with Crippen LogP contribution in [0, 0.1) is 0 Å². The molecule has 2 amide bonds. The number of rotatable bonds is 5. The fourth-order valence-electron chi connectivity index (χ4n) is 4.26. The maximum atomic E-state index is 13.4. The van der Waals surface area contributed by atoms with Gasteiger partial charge in [-0.2, -0.15) is 0 Å². The van der Waals surface area contributed by atoms with Crippen molar-refractivity contribution in [2.24, 2.45) is 0 Å². The smallest absolute Gasteiger partial charge is 0.257 e. The van der Waals surface area contributed by atoms with Crippen molar-refractivity contribution in [3.05, 3.63) is 63.6 Å². The molecular weight excluding hydrogens is 485 g/mol. The van der Waals surface area contributed by atoms with Crippen molar-refractivity contribution in [1.29, 1.82) is 0 Å². The minimum Gasteiger partial charge on any atom is -0.496 e. The van der Waals surface area contributed by atoms with Crippen molar-refractivity contribution in [3.8, 4) is 16.9 Å². The van der Waals surface area contributed by atoms with Gasteiger partial charge < -0.3 is 14.5 Å². The maximum Gasteiger partial charge on any atom is 0.257 e. The number of hydrogen-bond acceptors (Lipinski definition) is 4. The Bertz CT molecular complexity index is 1090. The van der Waals surface area contributed by atoms with Crippen molar-refractivity contribution in [3.63, 3.8) is 0 Å². The normalized spacial score (nSPS) is 17.0. The van der Waals surface area contributed by atoms with Crippen LogP contribution in [0.2, 0.25) is 15.1 Å². The van der Waals surface area contributed by atoms with Crippen molar-refractivity contribution in [2.45, 2.75) is 6.04 Å². The van der Waals surface area contributed by atoms with Gasteiger partial charge in [-0.05, 0) is 30.3 Å². The van der Waals surface area contributed by atoms with Crippen LogP contribution in [-0.2, 0) is 4.79 Å². The van der Waals surface area contributed by atoms with Crippen molar-refractivity contribution < 1.29 is 14.3 Å². The molecule has 2 saturated heterocycles. The Hall–Kier alpha value is -2.25. The number of amides is 2. The molecule has 0 aliphatic carbocycles. The number of carbonyl (C=O) groups is 2. The number of hydrogen-bond donors (Lipinski definition) is 0. The van der Waals surface area contributed by atoms with E-state index in [9.17, 15) is 9.59 Å². The molecule has 0 N–H and O–H groups in total.